The van der Waals surface area contributed by atoms with E-state index in [1.807, 2.05) is 54.1 Å². The van der Waals surface area contributed by atoms with Crippen molar-refractivity contribution in [2.45, 2.75) is 32.2 Å². The number of aromatic amines is 1. The molecule has 1 fully saturated rings. The first kappa shape index (κ1) is 16.7. The van der Waals surface area contributed by atoms with E-state index < -0.39 is 0 Å². The normalized spacial score (nSPS) is 17.2. The topological polar surface area (TPSA) is 63.2 Å². The number of nitrogens with zero attached hydrogens (tertiary/aromatic N) is 3. The number of carbonyl (C=O) groups excluding carboxylic acids is 1. The van der Waals surface area contributed by atoms with Gasteiger partial charge in [0.15, 0.2) is 0 Å². The van der Waals surface area contributed by atoms with Crippen LogP contribution in [0.3, 0.4) is 0 Å². The number of hydrogen-bond donors (Lipinski definition) is 1. The lowest BCUT2D eigenvalue weighted by Gasteiger charge is -2.24. The average molecular weight is 352 g/mol. The van der Waals surface area contributed by atoms with Crippen LogP contribution in [0.2, 0.25) is 0 Å². The predicted molar refractivity (Wildman–Crippen MR) is 100 cm³/mol. The summed E-state index contributed by atoms with van der Waals surface area (Å²) in [6.45, 7) is 2.83. The molecule has 0 aliphatic carbocycles. The van der Waals surface area contributed by atoms with E-state index in [-0.39, 0.29) is 11.9 Å². The van der Waals surface area contributed by atoms with Gasteiger partial charge in [0.1, 0.15) is 5.75 Å². The first-order valence-corrected chi connectivity index (χ1v) is 9.00. The van der Waals surface area contributed by atoms with Crippen molar-refractivity contribution in [1.29, 1.82) is 0 Å². The maximum Gasteiger partial charge on any atom is 0.227 e. The molecule has 0 saturated carbocycles. The number of aromatic nitrogens is 3. The van der Waals surface area contributed by atoms with Crippen LogP contribution >= 0.6 is 0 Å². The minimum Gasteiger partial charge on any atom is -0.497 e. The summed E-state index contributed by atoms with van der Waals surface area (Å²) in [4.78, 5) is 18.3. The van der Waals surface area contributed by atoms with Crippen molar-refractivity contribution in [2.24, 2.45) is 7.05 Å². The second kappa shape index (κ2) is 6.52. The quantitative estimate of drug-likeness (QED) is 0.785. The Morgan fingerprint density at radius 3 is 3.00 bits per heavy atom. The van der Waals surface area contributed by atoms with Crippen molar-refractivity contribution in [3.8, 4) is 5.75 Å². The van der Waals surface area contributed by atoms with Gasteiger partial charge in [0, 0.05) is 42.5 Å². The van der Waals surface area contributed by atoms with Crippen LogP contribution in [0.5, 0.6) is 5.75 Å². The minimum atomic E-state index is 0.135. The standard InChI is InChI=1S/C20H24N4O2/c1-13-17(12-23(2)22-13)19-5-4-8-24(19)20(25)9-14-11-21-18-7-6-15(26-3)10-16(14)18/h6-7,10-12,19,21H,4-5,8-9H2,1-3H3. The van der Waals surface area contributed by atoms with Gasteiger partial charge in [-0.15, -0.1) is 0 Å². The van der Waals surface area contributed by atoms with Gasteiger partial charge in [-0.2, -0.15) is 5.10 Å². The van der Waals surface area contributed by atoms with E-state index in [0.29, 0.717) is 6.42 Å². The lowest BCUT2D eigenvalue weighted by molar-refractivity contribution is -0.131. The smallest absolute Gasteiger partial charge is 0.227 e. The first-order chi connectivity index (χ1) is 12.6. The summed E-state index contributed by atoms with van der Waals surface area (Å²) in [7, 11) is 3.58. The van der Waals surface area contributed by atoms with E-state index in [4.69, 9.17) is 4.74 Å². The van der Waals surface area contributed by atoms with Crippen molar-refractivity contribution in [3.05, 3.63) is 47.4 Å². The van der Waals surface area contributed by atoms with Gasteiger partial charge in [-0.05, 0) is 43.5 Å². The van der Waals surface area contributed by atoms with Crippen LogP contribution in [0.15, 0.2) is 30.6 Å². The monoisotopic (exact) mass is 352 g/mol. The molecule has 1 N–H and O–H groups in total. The van der Waals surface area contributed by atoms with E-state index in [0.717, 1.165) is 47.3 Å². The van der Waals surface area contributed by atoms with Gasteiger partial charge in [0.2, 0.25) is 5.91 Å². The summed E-state index contributed by atoms with van der Waals surface area (Å²) >= 11 is 0. The fourth-order valence-electron chi connectivity index (χ4n) is 4.03. The second-order valence-corrected chi connectivity index (χ2v) is 6.99. The highest BCUT2D eigenvalue weighted by atomic mass is 16.5. The molecule has 1 unspecified atom stereocenters. The molecule has 136 valence electrons. The summed E-state index contributed by atoms with van der Waals surface area (Å²) in [5, 5.41) is 5.49. The van der Waals surface area contributed by atoms with Crippen LogP contribution in [0, 0.1) is 6.92 Å². The van der Waals surface area contributed by atoms with E-state index in [2.05, 4.69) is 10.1 Å². The molecule has 1 atom stereocenters. The zero-order valence-corrected chi connectivity index (χ0v) is 15.5. The number of ether oxygens (including phenoxy) is 1. The summed E-state index contributed by atoms with van der Waals surface area (Å²) in [5.41, 5.74) is 4.21. The van der Waals surface area contributed by atoms with E-state index in [9.17, 15) is 4.79 Å². The molecule has 0 spiro atoms. The van der Waals surface area contributed by atoms with Crippen molar-refractivity contribution in [2.75, 3.05) is 13.7 Å². The molecule has 0 bridgehead atoms. The number of methoxy groups -OCH3 is 1. The number of carbonyl (C=O) groups is 1. The number of nitrogens with one attached hydrogen (secondary N) is 1. The van der Waals surface area contributed by atoms with Crippen molar-refractivity contribution < 1.29 is 9.53 Å². The zero-order valence-electron chi connectivity index (χ0n) is 15.5. The molecule has 26 heavy (non-hydrogen) atoms. The third kappa shape index (κ3) is 2.85. The zero-order chi connectivity index (χ0) is 18.3. The van der Waals surface area contributed by atoms with Crippen LogP contribution in [0.4, 0.5) is 0 Å². The summed E-state index contributed by atoms with van der Waals surface area (Å²) in [6, 6.07) is 6.03. The third-order valence-electron chi connectivity index (χ3n) is 5.30. The van der Waals surface area contributed by atoms with Gasteiger partial charge in [-0.1, -0.05) is 0 Å². The van der Waals surface area contributed by atoms with Gasteiger partial charge < -0.3 is 14.6 Å². The molecular formula is C20H24N4O2. The SMILES string of the molecule is COc1ccc2[nH]cc(CC(=O)N3CCCC3c3cn(C)nc3C)c2c1. The molecule has 1 aliphatic rings. The molecule has 3 heterocycles. The lowest BCUT2D eigenvalue weighted by Crippen LogP contribution is -2.32. The van der Waals surface area contributed by atoms with Crippen LogP contribution in [-0.4, -0.2) is 39.2 Å². The largest absolute Gasteiger partial charge is 0.497 e. The average Bonchev–Trinajstić information content (AvgIpc) is 3.33. The molecule has 6 nitrogen and oxygen atoms in total. The maximum absolute atomic E-state index is 13.1. The molecule has 2 aromatic heterocycles. The lowest BCUT2D eigenvalue weighted by atomic mass is 10.0. The van der Waals surface area contributed by atoms with Crippen molar-refractivity contribution >= 4 is 16.8 Å². The number of fused-ring (bicyclic) bond motifs is 1. The number of amides is 1. The second-order valence-electron chi connectivity index (χ2n) is 6.99. The fourth-order valence-corrected chi connectivity index (χ4v) is 4.03. The number of H-pyrrole nitrogens is 1. The van der Waals surface area contributed by atoms with Gasteiger partial charge in [-0.25, -0.2) is 0 Å². The molecule has 4 rings (SSSR count). The van der Waals surface area contributed by atoms with E-state index in [1.54, 1.807) is 7.11 Å². The Hall–Kier alpha value is -2.76. The highest BCUT2D eigenvalue weighted by Crippen LogP contribution is 2.34. The Labute approximate surface area is 152 Å². The number of benzene rings is 1. The summed E-state index contributed by atoms with van der Waals surface area (Å²) in [6.07, 6.45) is 6.40. The molecular weight excluding hydrogens is 328 g/mol. The Morgan fingerprint density at radius 2 is 2.27 bits per heavy atom. The van der Waals surface area contributed by atoms with Crippen LogP contribution in [-0.2, 0) is 18.3 Å². The predicted octanol–water partition coefficient (Wildman–Crippen LogP) is 3.12. The van der Waals surface area contributed by atoms with Crippen molar-refractivity contribution in [3.63, 3.8) is 0 Å². The molecule has 0 radical (unpaired) electrons. The molecule has 1 saturated heterocycles. The Bertz CT molecular complexity index is 956. The number of aryl methyl sites for hydroxylation is 2. The van der Waals surface area contributed by atoms with Gasteiger partial charge >= 0.3 is 0 Å². The van der Waals surface area contributed by atoms with Crippen LogP contribution < -0.4 is 4.74 Å². The highest BCUT2D eigenvalue weighted by molar-refractivity contribution is 5.90. The summed E-state index contributed by atoms with van der Waals surface area (Å²) < 4.78 is 7.15. The molecule has 1 aliphatic heterocycles. The van der Waals surface area contributed by atoms with Crippen molar-refractivity contribution in [1.82, 2.24) is 19.7 Å². The van der Waals surface area contributed by atoms with Crippen LogP contribution in [0.25, 0.3) is 10.9 Å². The first-order valence-electron chi connectivity index (χ1n) is 9.00. The van der Waals surface area contributed by atoms with Gasteiger partial charge in [0.25, 0.3) is 0 Å². The van der Waals surface area contributed by atoms with E-state index >= 15 is 0 Å². The third-order valence-corrected chi connectivity index (χ3v) is 5.30. The molecule has 1 aromatic carbocycles. The fraction of sp³-hybridized carbons (Fsp3) is 0.400. The highest BCUT2D eigenvalue weighted by Gasteiger charge is 2.32. The molecule has 1 amide bonds. The Balaban J connectivity index is 1.59. The van der Waals surface area contributed by atoms with Gasteiger partial charge in [-0.3, -0.25) is 9.48 Å². The Kier molecular flexibility index (Phi) is 4.18. The summed E-state index contributed by atoms with van der Waals surface area (Å²) in [5.74, 6) is 0.968. The van der Waals surface area contributed by atoms with Crippen LogP contribution in [0.1, 0.15) is 35.7 Å². The maximum atomic E-state index is 13.1. The Morgan fingerprint density at radius 1 is 1.42 bits per heavy atom. The number of rotatable bonds is 4. The number of hydrogen-bond acceptors (Lipinski definition) is 3. The van der Waals surface area contributed by atoms with E-state index in [1.165, 1.54) is 5.56 Å². The number of likely N-dealkylation sites (tertiary alicyclic amines) is 1. The molecule has 6 heteroatoms. The molecule has 3 aromatic rings. The van der Waals surface area contributed by atoms with Gasteiger partial charge in [0.05, 0.1) is 25.3 Å². The minimum absolute atomic E-state index is 0.135.